The Balaban J connectivity index is -0.0000000700. The minimum Gasteiger partial charge on any atom is -0.790 e. The number of carbonyl (C=O) groups is 3. The number of amides is 1. The Morgan fingerprint density at radius 1 is 0.872 bits per heavy atom. The monoisotopic (exact) mass is 595 g/mol. The van der Waals surface area contributed by atoms with Crippen molar-refractivity contribution in [2.75, 3.05) is 13.2 Å². The van der Waals surface area contributed by atoms with Gasteiger partial charge in [-0.25, -0.2) is 4.79 Å². The van der Waals surface area contributed by atoms with Crippen LogP contribution in [0.1, 0.15) is 78.6 Å². The quantitative estimate of drug-likeness (QED) is 0.0575. The molecule has 39 heavy (non-hydrogen) atoms. The van der Waals surface area contributed by atoms with E-state index in [-0.39, 0.29) is 84.3 Å². The van der Waals surface area contributed by atoms with Gasteiger partial charge in [-0.3, -0.25) is 9.59 Å². The van der Waals surface area contributed by atoms with Gasteiger partial charge in [0.1, 0.15) is 6.61 Å². The molecule has 1 amide bonds. The first-order valence-electron chi connectivity index (χ1n) is 11.2. The molecule has 0 saturated carbocycles. The molecule has 0 aromatic rings. The van der Waals surface area contributed by atoms with Gasteiger partial charge >= 0.3 is 71.1 Å². The molecule has 0 aliphatic carbocycles. The van der Waals surface area contributed by atoms with Crippen LogP contribution in [0.25, 0.3) is 0 Å². The summed E-state index contributed by atoms with van der Waals surface area (Å²) in [5.41, 5.74) is 4.47. The molecule has 0 aliphatic rings. The van der Waals surface area contributed by atoms with Crippen molar-refractivity contribution < 1.29 is 115 Å². The summed E-state index contributed by atoms with van der Waals surface area (Å²) in [7, 11) is -5.29. The maximum absolute atomic E-state index is 11.9. The van der Waals surface area contributed by atoms with Gasteiger partial charge in [0.2, 0.25) is 5.91 Å². The van der Waals surface area contributed by atoms with E-state index in [1.807, 2.05) is 0 Å². The number of phosphoric ester groups is 1. The number of esters is 2. The van der Waals surface area contributed by atoms with Gasteiger partial charge in [0.25, 0.3) is 0 Å². The van der Waals surface area contributed by atoms with Crippen molar-refractivity contribution in [3.8, 4) is 59.2 Å². The molecule has 218 valence electrons. The summed E-state index contributed by atoms with van der Waals surface area (Å²) in [6, 6.07) is 0. The fraction of sp³-hybridized carbons (Fsp3) is 0.500. The predicted octanol–water partition coefficient (Wildman–Crippen LogP) is -3.21. The smallest absolute Gasteiger partial charge is 0.790 e. The summed E-state index contributed by atoms with van der Waals surface area (Å²) < 4.78 is 24.7. The molecule has 0 rings (SSSR count). The van der Waals surface area contributed by atoms with Crippen LogP contribution in [0.5, 0.6) is 0 Å². The van der Waals surface area contributed by atoms with Crippen LogP contribution in [0, 0.1) is 59.2 Å². The number of carbonyl (C=O) groups excluding carboxylic acids is 3. The van der Waals surface area contributed by atoms with Crippen LogP contribution in [0.4, 0.5) is 0 Å². The van der Waals surface area contributed by atoms with Crippen LogP contribution in [0.2, 0.25) is 0 Å². The molecule has 0 aromatic heterocycles. The van der Waals surface area contributed by atoms with E-state index in [0.29, 0.717) is 6.42 Å². The van der Waals surface area contributed by atoms with Crippen LogP contribution in [0.3, 0.4) is 0 Å². The third-order valence-corrected chi connectivity index (χ3v) is 4.04. The summed E-state index contributed by atoms with van der Waals surface area (Å²) in [5.74, 6) is 21.7. The van der Waals surface area contributed by atoms with E-state index in [1.165, 1.54) is 6.92 Å². The maximum atomic E-state index is 11.9. The van der Waals surface area contributed by atoms with Crippen molar-refractivity contribution in [3.05, 3.63) is 0 Å². The zero-order valence-corrected chi connectivity index (χ0v) is 28.0. The Morgan fingerprint density at radius 3 is 1.87 bits per heavy atom. The Morgan fingerprint density at radius 2 is 1.36 bits per heavy atom. The predicted molar refractivity (Wildman–Crippen MR) is 151 cm³/mol. The summed E-state index contributed by atoms with van der Waals surface area (Å²) in [5, 5.41) is 0. The van der Waals surface area contributed by atoms with E-state index in [4.69, 9.17) is 9.47 Å². The summed E-state index contributed by atoms with van der Waals surface area (Å²) in [4.78, 5) is 54.2. The molecule has 0 fully saturated rings. The minimum absolute atomic E-state index is 0. The molecule has 0 aromatic carbocycles. The van der Waals surface area contributed by atoms with E-state index >= 15 is 0 Å². The first kappa shape index (κ1) is 44.3. The van der Waals surface area contributed by atoms with Crippen LogP contribution >= 0.6 is 7.82 Å². The second kappa shape index (κ2) is 30.9. The fourth-order valence-electron chi connectivity index (χ4n) is 2.12. The third-order valence-electron chi connectivity index (χ3n) is 3.58. The minimum atomic E-state index is -5.29. The standard InChI is InChI=1S/C24H27O8P.C2H5NO.2Na.9H2/c1-3-5-7-9-11-12-13-15-16-18-23(25)30-20-22(21-31-33(27,28)29)32-24(26)19-17-14-10-8-6-4-2;1-2(3)4;;;;;;;;;;;/h22H,4,6,8,10,14,17,19-21H2,1-2H3,(H2,27,28,29);1H3,(H2,3,4);;;9*1H/q;;2*+1;;;;;;;;;/p-2/t22-;;;;;;;;;;;;/m1............/s1. The van der Waals surface area contributed by atoms with E-state index in [0.717, 1.165) is 32.1 Å². The second-order valence-corrected chi connectivity index (χ2v) is 8.11. The molecule has 0 aliphatic heterocycles. The van der Waals surface area contributed by atoms with Gasteiger partial charge in [0, 0.05) is 32.1 Å². The number of primary amides is 1. The Kier molecular flexibility index (Phi) is 35.1. The van der Waals surface area contributed by atoms with Crippen LogP contribution in [-0.4, -0.2) is 37.2 Å². The second-order valence-electron chi connectivity index (χ2n) is 6.96. The van der Waals surface area contributed by atoms with Crippen molar-refractivity contribution in [1.29, 1.82) is 0 Å². The Hall–Kier alpha value is -1.68. The van der Waals surface area contributed by atoms with Gasteiger partial charge in [-0.05, 0) is 60.7 Å². The SMILES string of the molecule is CC#CC#CC#CC#CC#CC(=O)OC[C@H](COP(=O)([O-])[O-])OC(=O)CCCCCCCC.CC(N)=O.[HH].[HH].[HH].[HH].[HH].[HH].[HH].[HH].[HH].[Na+].[Na+]. The number of rotatable bonds is 13. The molecule has 2 N–H and O–H groups in total. The molecule has 0 spiro atoms. The van der Waals surface area contributed by atoms with Gasteiger partial charge in [-0.15, -0.1) is 0 Å². The van der Waals surface area contributed by atoms with E-state index in [9.17, 15) is 28.7 Å². The number of nitrogens with two attached hydrogens (primary N) is 1. The maximum Gasteiger partial charge on any atom is 1.00 e. The van der Waals surface area contributed by atoms with E-state index in [1.54, 1.807) is 6.92 Å². The van der Waals surface area contributed by atoms with Crippen molar-refractivity contribution in [1.82, 2.24) is 0 Å². The molecule has 0 heterocycles. The van der Waals surface area contributed by atoms with Crippen molar-refractivity contribution in [3.63, 3.8) is 0 Å². The largest absolute Gasteiger partial charge is 1.00 e. The number of hydrogen-bond acceptors (Lipinski definition) is 9. The number of hydrogen-bond donors (Lipinski definition) is 1. The summed E-state index contributed by atoms with van der Waals surface area (Å²) >= 11 is 0. The Labute approximate surface area is 288 Å². The third kappa shape index (κ3) is 41.0. The molecule has 0 bridgehead atoms. The first-order valence-corrected chi connectivity index (χ1v) is 12.7. The molecule has 0 radical (unpaired) electrons. The van der Waals surface area contributed by atoms with Gasteiger partial charge in [0.05, 0.1) is 14.4 Å². The number of ether oxygens (including phenoxy) is 2. The zero-order chi connectivity index (χ0) is 28.4. The molecular weight excluding hydrogens is 547 g/mol. The van der Waals surface area contributed by atoms with Crippen molar-refractivity contribution >= 4 is 25.7 Å². The average Bonchev–Trinajstić information content (AvgIpc) is 2.81. The molecule has 0 saturated heterocycles. The van der Waals surface area contributed by atoms with Crippen molar-refractivity contribution in [2.45, 2.75) is 71.8 Å². The molecule has 10 nitrogen and oxygen atoms in total. The first-order chi connectivity index (χ1) is 17.5. The number of phosphoric acid groups is 1. The van der Waals surface area contributed by atoms with E-state index in [2.05, 4.69) is 76.4 Å². The van der Waals surface area contributed by atoms with Gasteiger partial charge in [0.15, 0.2) is 6.10 Å². The average molecular weight is 596 g/mol. The summed E-state index contributed by atoms with van der Waals surface area (Å²) in [6.07, 6.45) is 4.60. The van der Waals surface area contributed by atoms with Gasteiger partial charge < -0.3 is 34.1 Å². The fourth-order valence-corrected chi connectivity index (χ4v) is 2.47. The van der Waals surface area contributed by atoms with Gasteiger partial charge in [-0.2, -0.15) is 0 Å². The van der Waals surface area contributed by atoms with Gasteiger partial charge in [-0.1, -0.05) is 44.9 Å². The van der Waals surface area contributed by atoms with E-state index < -0.39 is 39.1 Å². The van der Waals surface area contributed by atoms with Crippen molar-refractivity contribution in [2.24, 2.45) is 5.73 Å². The molecular formula is C26H48NNa2O9P. The molecule has 1 atom stereocenters. The van der Waals surface area contributed by atoms with Crippen LogP contribution < -0.4 is 74.6 Å². The van der Waals surface area contributed by atoms with Crippen LogP contribution in [-0.2, 0) is 32.9 Å². The molecule has 13 heteroatoms. The Bertz CT molecular complexity index is 1120. The number of unbranched alkanes of at least 4 members (excludes halogenated alkanes) is 5. The summed E-state index contributed by atoms with van der Waals surface area (Å²) in [6.45, 7) is 3.73. The van der Waals surface area contributed by atoms with Crippen LogP contribution in [0.15, 0.2) is 0 Å². The normalized spacial score (nSPS) is 9.15. The zero-order valence-electron chi connectivity index (χ0n) is 23.1. The molecule has 0 unspecified atom stereocenters. The topological polar surface area (TPSA) is 168 Å².